The second-order valence-corrected chi connectivity index (χ2v) is 6.56. The number of carbonyl (C=O) groups is 1. The Bertz CT molecular complexity index is 988. The first-order valence-corrected chi connectivity index (χ1v) is 8.85. The molecule has 27 heavy (non-hydrogen) atoms. The van der Waals surface area contributed by atoms with Gasteiger partial charge in [-0.05, 0) is 55.0 Å². The van der Waals surface area contributed by atoms with Crippen molar-refractivity contribution in [2.75, 3.05) is 10.6 Å². The van der Waals surface area contributed by atoms with Gasteiger partial charge in [0.1, 0.15) is 12.1 Å². The molecule has 0 bridgehead atoms. The standard InChI is InChI=1S/C20H16Cl2N4O/c1-13-10-19(24-12-23-13)25-15-4-6-16(7-5-15)26-20(27)9-3-14-2-8-17(21)18(22)11-14/h2-12H,1H3,(H,26,27)(H,23,24,25)/b9-3+. The van der Waals surface area contributed by atoms with Gasteiger partial charge in [-0.15, -0.1) is 0 Å². The SMILES string of the molecule is Cc1cc(Nc2ccc(NC(=O)/C=C/c3ccc(Cl)c(Cl)c3)cc2)ncn1. The second-order valence-electron chi connectivity index (χ2n) is 5.74. The van der Waals surface area contributed by atoms with E-state index in [1.165, 1.54) is 12.4 Å². The molecule has 0 aliphatic carbocycles. The van der Waals surface area contributed by atoms with Gasteiger partial charge < -0.3 is 10.6 Å². The Balaban J connectivity index is 1.59. The van der Waals surface area contributed by atoms with E-state index in [1.54, 1.807) is 36.4 Å². The molecule has 0 saturated heterocycles. The van der Waals surface area contributed by atoms with E-state index in [2.05, 4.69) is 20.6 Å². The molecule has 0 atom stereocenters. The molecule has 1 aromatic heterocycles. The van der Waals surface area contributed by atoms with E-state index >= 15 is 0 Å². The minimum Gasteiger partial charge on any atom is -0.340 e. The maximum absolute atomic E-state index is 12.1. The number of nitrogens with zero attached hydrogens (tertiary/aromatic N) is 2. The van der Waals surface area contributed by atoms with Crippen LogP contribution in [0.15, 0.2) is 60.9 Å². The Hall–Kier alpha value is -2.89. The van der Waals surface area contributed by atoms with Crippen LogP contribution >= 0.6 is 23.2 Å². The number of carbonyl (C=O) groups excluding carboxylic acids is 1. The van der Waals surface area contributed by atoms with Gasteiger partial charge in [-0.1, -0.05) is 29.3 Å². The molecule has 1 amide bonds. The molecular formula is C20H16Cl2N4O. The summed E-state index contributed by atoms with van der Waals surface area (Å²) in [7, 11) is 0. The van der Waals surface area contributed by atoms with Crippen LogP contribution < -0.4 is 10.6 Å². The summed E-state index contributed by atoms with van der Waals surface area (Å²) in [6.07, 6.45) is 4.62. The van der Waals surface area contributed by atoms with Crippen LogP contribution in [0, 0.1) is 6.92 Å². The number of benzene rings is 2. The number of aromatic nitrogens is 2. The van der Waals surface area contributed by atoms with Crippen molar-refractivity contribution < 1.29 is 4.79 Å². The minimum atomic E-state index is -0.242. The van der Waals surface area contributed by atoms with Gasteiger partial charge in [0.15, 0.2) is 0 Å². The highest BCUT2D eigenvalue weighted by molar-refractivity contribution is 6.42. The molecule has 0 fully saturated rings. The molecule has 0 aliphatic rings. The van der Waals surface area contributed by atoms with Crippen LogP contribution in [0.25, 0.3) is 6.08 Å². The highest BCUT2D eigenvalue weighted by atomic mass is 35.5. The van der Waals surface area contributed by atoms with Crippen molar-refractivity contribution in [2.45, 2.75) is 6.92 Å². The first-order chi connectivity index (χ1) is 13.0. The van der Waals surface area contributed by atoms with E-state index in [9.17, 15) is 4.79 Å². The molecule has 3 aromatic rings. The van der Waals surface area contributed by atoms with Crippen molar-refractivity contribution >= 4 is 52.4 Å². The van der Waals surface area contributed by atoms with Crippen molar-refractivity contribution in [3.63, 3.8) is 0 Å². The fourth-order valence-corrected chi connectivity index (χ4v) is 2.59. The number of amides is 1. The maximum Gasteiger partial charge on any atom is 0.248 e. The van der Waals surface area contributed by atoms with Crippen molar-refractivity contribution in [3.8, 4) is 0 Å². The number of nitrogens with one attached hydrogen (secondary N) is 2. The summed E-state index contributed by atoms with van der Waals surface area (Å²) in [5.41, 5.74) is 3.21. The molecule has 2 N–H and O–H groups in total. The summed E-state index contributed by atoms with van der Waals surface area (Å²) < 4.78 is 0. The Labute approximate surface area is 167 Å². The topological polar surface area (TPSA) is 66.9 Å². The summed E-state index contributed by atoms with van der Waals surface area (Å²) in [6.45, 7) is 1.90. The first kappa shape index (κ1) is 18.9. The van der Waals surface area contributed by atoms with Gasteiger partial charge in [-0.3, -0.25) is 4.79 Å². The predicted octanol–water partition coefficient (Wildman–Crippen LogP) is 5.49. The number of hydrogen-bond acceptors (Lipinski definition) is 4. The van der Waals surface area contributed by atoms with Crippen LogP contribution in [-0.4, -0.2) is 15.9 Å². The van der Waals surface area contributed by atoms with E-state index in [4.69, 9.17) is 23.2 Å². The third-order valence-corrected chi connectivity index (χ3v) is 4.34. The molecule has 0 spiro atoms. The van der Waals surface area contributed by atoms with Crippen LogP contribution in [0.5, 0.6) is 0 Å². The minimum absolute atomic E-state index is 0.242. The lowest BCUT2D eigenvalue weighted by atomic mass is 10.2. The molecular weight excluding hydrogens is 383 g/mol. The maximum atomic E-state index is 12.1. The third-order valence-electron chi connectivity index (χ3n) is 3.60. The van der Waals surface area contributed by atoms with E-state index in [-0.39, 0.29) is 5.91 Å². The van der Waals surface area contributed by atoms with Crippen molar-refractivity contribution in [1.29, 1.82) is 0 Å². The fourth-order valence-electron chi connectivity index (χ4n) is 2.28. The number of hydrogen-bond donors (Lipinski definition) is 2. The smallest absolute Gasteiger partial charge is 0.248 e. The zero-order valence-corrected chi connectivity index (χ0v) is 15.9. The lowest BCUT2D eigenvalue weighted by Gasteiger charge is -2.07. The monoisotopic (exact) mass is 398 g/mol. The zero-order chi connectivity index (χ0) is 19.2. The number of halogens is 2. The van der Waals surface area contributed by atoms with E-state index < -0.39 is 0 Å². The molecule has 1 heterocycles. The Morgan fingerprint density at radius 1 is 0.963 bits per heavy atom. The highest BCUT2D eigenvalue weighted by Crippen LogP contribution is 2.23. The number of anilines is 3. The lowest BCUT2D eigenvalue weighted by Crippen LogP contribution is -2.07. The van der Waals surface area contributed by atoms with Crippen LogP contribution in [0.2, 0.25) is 10.0 Å². The van der Waals surface area contributed by atoms with E-state index in [1.807, 2.05) is 25.1 Å². The zero-order valence-electron chi connectivity index (χ0n) is 14.4. The average molecular weight is 399 g/mol. The van der Waals surface area contributed by atoms with Crippen molar-refractivity contribution in [2.24, 2.45) is 0 Å². The summed E-state index contributed by atoms with van der Waals surface area (Å²) in [6, 6.07) is 14.3. The molecule has 0 aliphatic heterocycles. The van der Waals surface area contributed by atoms with Gasteiger partial charge in [-0.2, -0.15) is 0 Å². The summed E-state index contributed by atoms with van der Waals surface area (Å²) in [4.78, 5) is 20.3. The summed E-state index contributed by atoms with van der Waals surface area (Å²) >= 11 is 11.8. The predicted molar refractivity (Wildman–Crippen MR) is 111 cm³/mol. The Morgan fingerprint density at radius 2 is 1.70 bits per heavy atom. The first-order valence-electron chi connectivity index (χ1n) is 8.09. The van der Waals surface area contributed by atoms with Gasteiger partial charge in [-0.25, -0.2) is 9.97 Å². The Morgan fingerprint density at radius 3 is 2.41 bits per heavy atom. The average Bonchev–Trinajstić information content (AvgIpc) is 2.64. The third kappa shape index (κ3) is 5.54. The lowest BCUT2D eigenvalue weighted by molar-refractivity contribution is -0.111. The molecule has 2 aromatic carbocycles. The highest BCUT2D eigenvalue weighted by Gasteiger charge is 2.01. The molecule has 5 nitrogen and oxygen atoms in total. The van der Waals surface area contributed by atoms with Crippen molar-refractivity contribution in [1.82, 2.24) is 9.97 Å². The van der Waals surface area contributed by atoms with Gasteiger partial charge in [0.2, 0.25) is 5.91 Å². The second kappa shape index (κ2) is 8.66. The number of rotatable bonds is 5. The number of aryl methyl sites for hydroxylation is 1. The quantitative estimate of drug-likeness (QED) is 0.557. The normalized spacial score (nSPS) is 10.8. The van der Waals surface area contributed by atoms with Crippen LogP contribution in [0.4, 0.5) is 17.2 Å². The molecule has 7 heteroatoms. The van der Waals surface area contributed by atoms with Gasteiger partial charge in [0.25, 0.3) is 0 Å². The van der Waals surface area contributed by atoms with Gasteiger partial charge in [0, 0.05) is 29.2 Å². The summed E-state index contributed by atoms with van der Waals surface area (Å²) in [5.74, 6) is 0.469. The summed E-state index contributed by atoms with van der Waals surface area (Å²) in [5, 5.41) is 6.90. The Kier molecular flexibility index (Phi) is 6.06. The largest absolute Gasteiger partial charge is 0.340 e. The van der Waals surface area contributed by atoms with E-state index in [0.717, 1.165) is 16.9 Å². The molecule has 0 saturated carbocycles. The van der Waals surface area contributed by atoms with Crippen molar-refractivity contribution in [3.05, 3.63) is 82.2 Å². The van der Waals surface area contributed by atoms with Gasteiger partial charge in [0.05, 0.1) is 10.0 Å². The van der Waals surface area contributed by atoms with Crippen LogP contribution in [0.1, 0.15) is 11.3 Å². The van der Waals surface area contributed by atoms with Crippen LogP contribution in [-0.2, 0) is 4.79 Å². The van der Waals surface area contributed by atoms with Gasteiger partial charge >= 0.3 is 0 Å². The molecule has 0 radical (unpaired) electrons. The molecule has 0 unspecified atom stereocenters. The molecule has 136 valence electrons. The fraction of sp³-hybridized carbons (Fsp3) is 0.0500. The van der Waals surface area contributed by atoms with E-state index in [0.29, 0.717) is 21.6 Å². The van der Waals surface area contributed by atoms with Crippen LogP contribution in [0.3, 0.4) is 0 Å². The molecule has 3 rings (SSSR count).